The Morgan fingerprint density at radius 3 is 2.67 bits per heavy atom. The van der Waals surface area contributed by atoms with Crippen molar-refractivity contribution in [2.24, 2.45) is 5.41 Å². The summed E-state index contributed by atoms with van der Waals surface area (Å²) in [6, 6.07) is 3.88. The lowest BCUT2D eigenvalue weighted by Gasteiger charge is -2.39. The van der Waals surface area contributed by atoms with Crippen LogP contribution in [-0.4, -0.2) is 35.4 Å². The van der Waals surface area contributed by atoms with E-state index in [9.17, 15) is 4.79 Å². The van der Waals surface area contributed by atoms with E-state index in [0.29, 0.717) is 18.5 Å². The summed E-state index contributed by atoms with van der Waals surface area (Å²) >= 11 is 0. The minimum Gasteiger partial charge on any atom is -0.351 e. The van der Waals surface area contributed by atoms with Crippen LogP contribution in [0.2, 0.25) is 0 Å². The fourth-order valence-corrected chi connectivity index (χ4v) is 3.77. The van der Waals surface area contributed by atoms with E-state index < -0.39 is 0 Å². The number of nitrogens with zero attached hydrogens (tertiary/aromatic N) is 2. The molecule has 2 heterocycles. The van der Waals surface area contributed by atoms with Gasteiger partial charge in [-0.15, -0.1) is 0 Å². The van der Waals surface area contributed by atoms with Gasteiger partial charge in [-0.05, 0) is 55.8 Å². The van der Waals surface area contributed by atoms with Crippen LogP contribution in [0.5, 0.6) is 0 Å². The van der Waals surface area contributed by atoms with Crippen LogP contribution in [0.1, 0.15) is 44.1 Å². The Morgan fingerprint density at radius 2 is 2.00 bits per heavy atom. The molecular weight excluding hydrogens is 262 g/mol. The fraction of sp³-hybridized carbons (Fsp3) is 0.647. The molecule has 1 amide bonds. The molecule has 1 saturated heterocycles. The molecule has 21 heavy (non-hydrogen) atoms. The molecule has 1 aromatic heterocycles. The molecule has 1 aromatic rings. The predicted molar refractivity (Wildman–Crippen MR) is 82.7 cm³/mol. The molecule has 1 saturated carbocycles. The van der Waals surface area contributed by atoms with E-state index in [0.717, 1.165) is 18.7 Å². The van der Waals surface area contributed by atoms with Gasteiger partial charge in [0.05, 0.1) is 6.54 Å². The van der Waals surface area contributed by atoms with Crippen molar-refractivity contribution < 1.29 is 4.79 Å². The summed E-state index contributed by atoms with van der Waals surface area (Å²) in [6.07, 6.45) is 11.7. The van der Waals surface area contributed by atoms with Gasteiger partial charge in [0.2, 0.25) is 5.91 Å². The average Bonchev–Trinajstić information content (AvgIpc) is 2.97. The molecule has 1 spiro atoms. The second kappa shape index (κ2) is 6.56. The van der Waals surface area contributed by atoms with E-state index in [4.69, 9.17) is 0 Å². The second-order valence-electron chi connectivity index (χ2n) is 6.62. The molecule has 0 unspecified atom stereocenters. The first-order valence-electron chi connectivity index (χ1n) is 8.14. The summed E-state index contributed by atoms with van der Waals surface area (Å²) in [5.74, 6) is 0.126. The monoisotopic (exact) mass is 287 g/mol. The van der Waals surface area contributed by atoms with Gasteiger partial charge in [0.1, 0.15) is 0 Å². The van der Waals surface area contributed by atoms with Crippen molar-refractivity contribution in [2.75, 3.05) is 19.6 Å². The van der Waals surface area contributed by atoms with Crippen LogP contribution in [0.3, 0.4) is 0 Å². The van der Waals surface area contributed by atoms with E-state index in [2.05, 4.69) is 15.2 Å². The highest BCUT2D eigenvalue weighted by molar-refractivity contribution is 5.78. The highest BCUT2D eigenvalue weighted by Crippen LogP contribution is 2.45. The minimum atomic E-state index is 0.126. The lowest BCUT2D eigenvalue weighted by molar-refractivity contribution is -0.123. The Labute approximate surface area is 126 Å². The van der Waals surface area contributed by atoms with Gasteiger partial charge >= 0.3 is 0 Å². The number of hydrogen-bond donors (Lipinski definition) is 1. The maximum Gasteiger partial charge on any atom is 0.234 e. The molecule has 0 bridgehead atoms. The van der Waals surface area contributed by atoms with Gasteiger partial charge in [0.15, 0.2) is 0 Å². The number of pyridine rings is 1. The first-order chi connectivity index (χ1) is 10.3. The third-order valence-corrected chi connectivity index (χ3v) is 5.16. The number of piperidine rings is 1. The van der Waals surface area contributed by atoms with Crippen molar-refractivity contribution in [1.82, 2.24) is 15.2 Å². The van der Waals surface area contributed by atoms with Crippen LogP contribution in [0.25, 0.3) is 0 Å². The van der Waals surface area contributed by atoms with Gasteiger partial charge in [0, 0.05) is 18.9 Å². The average molecular weight is 287 g/mol. The predicted octanol–water partition coefficient (Wildman–Crippen LogP) is 2.35. The highest BCUT2D eigenvalue weighted by Gasteiger charge is 2.36. The van der Waals surface area contributed by atoms with E-state index in [1.165, 1.54) is 38.5 Å². The van der Waals surface area contributed by atoms with Crippen molar-refractivity contribution >= 4 is 5.91 Å². The number of nitrogens with one attached hydrogen (secondary N) is 1. The van der Waals surface area contributed by atoms with Gasteiger partial charge < -0.3 is 5.32 Å². The number of rotatable bonds is 4. The normalized spacial score (nSPS) is 21.5. The van der Waals surface area contributed by atoms with E-state index in [1.807, 2.05) is 12.1 Å². The first kappa shape index (κ1) is 14.5. The maximum atomic E-state index is 12.0. The zero-order valence-corrected chi connectivity index (χ0v) is 12.7. The summed E-state index contributed by atoms with van der Waals surface area (Å²) < 4.78 is 0. The van der Waals surface area contributed by atoms with E-state index in [1.54, 1.807) is 12.4 Å². The molecule has 1 aliphatic heterocycles. The third kappa shape index (κ3) is 3.82. The molecule has 2 fully saturated rings. The number of likely N-dealkylation sites (tertiary alicyclic amines) is 1. The SMILES string of the molecule is O=C(CN1CCC2(CCCC2)CC1)NCc1cccnc1. The Bertz CT molecular complexity index is 458. The highest BCUT2D eigenvalue weighted by atomic mass is 16.2. The van der Waals surface area contributed by atoms with E-state index in [-0.39, 0.29) is 5.91 Å². The third-order valence-electron chi connectivity index (χ3n) is 5.16. The van der Waals surface area contributed by atoms with Crippen molar-refractivity contribution in [1.29, 1.82) is 0 Å². The largest absolute Gasteiger partial charge is 0.351 e. The van der Waals surface area contributed by atoms with Crippen LogP contribution in [-0.2, 0) is 11.3 Å². The van der Waals surface area contributed by atoms with Crippen molar-refractivity contribution in [3.63, 3.8) is 0 Å². The number of amides is 1. The molecule has 4 nitrogen and oxygen atoms in total. The van der Waals surface area contributed by atoms with Crippen LogP contribution < -0.4 is 5.32 Å². The topological polar surface area (TPSA) is 45.2 Å². The van der Waals surface area contributed by atoms with Crippen LogP contribution in [0, 0.1) is 5.41 Å². The molecule has 0 aromatic carbocycles. The van der Waals surface area contributed by atoms with Gasteiger partial charge in [-0.3, -0.25) is 14.7 Å². The molecule has 4 heteroatoms. The van der Waals surface area contributed by atoms with Crippen molar-refractivity contribution in [2.45, 2.75) is 45.1 Å². The van der Waals surface area contributed by atoms with Gasteiger partial charge in [-0.1, -0.05) is 18.9 Å². The summed E-state index contributed by atoms with van der Waals surface area (Å²) in [6.45, 7) is 3.28. The van der Waals surface area contributed by atoms with Gasteiger partial charge in [-0.25, -0.2) is 0 Å². The zero-order chi connectivity index (χ0) is 14.5. The number of aromatic nitrogens is 1. The zero-order valence-electron chi connectivity index (χ0n) is 12.7. The van der Waals surface area contributed by atoms with Crippen molar-refractivity contribution in [3.05, 3.63) is 30.1 Å². The Hall–Kier alpha value is -1.42. The summed E-state index contributed by atoms with van der Waals surface area (Å²) in [5.41, 5.74) is 1.68. The maximum absolute atomic E-state index is 12.0. The molecule has 114 valence electrons. The fourth-order valence-electron chi connectivity index (χ4n) is 3.77. The lowest BCUT2D eigenvalue weighted by atomic mass is 9.77. The molecular formula is C17H25N3O. The number of carbonyl (C=O) groups excluding carboxylic acids is 1. The Kier molecular flexibility index (Phi) is 4.54. The van der Waals surface area contributed by atoms with Gasteiger partial charge in [-0.2, -0.15) is 0 Å². The minimum absolute atomic E-state index is 0.126. The Morgan fingerprint density at radius 1 is 1.24 bits per heavy atom. The number of carbonyl (C=O) groups is 1. The van der Waals surface area contributed by atoms with Crippen molar-refractivity contribution in [3.8, 4) is 0 Å². The summed E-state index contributed by atoms with van der Waals surface area (Å²) in [4.78, 5) is 18.4. The molecule has 2 aliphatic rings. The molecule has 0 atom stereocenters. The van der Waals surface area contributed by atoms with Crippen LogP contribution in [0.4, 0.5) is 0 Å². The van der Waals surface area contributed by atoms with Gasteiger partial charge in [0.25, 0.3) is 0 Å². The quantitative estimate of drug-likeness (QED) is 0.924. The first-order valence-corrected chi connectivity index (χ1v) is 8.14. The van der Waals surface area contributed by atoms with Crippen LogP contribution >= 0.6 is 0 Å². The molecule has 1 N–H and O–H groups in total. The summed E-state index contributed by atoms with van der Waals surface area (Å²) in [5, 5.41) is 2.99. The summed E-state index contributed by atoms with van der Waals surface area (Å²) in [7, 11) is 0. The lowest BCUT2D eigenvalue weighted by Crippen LogP contribution is -2.44. The standard InChI is InChI=1S/C17H25N3O/c21-16(19-13-15-4-3-9-18-12-15)14-20-10-7-17(8-11-20)5-1-2-6-17/h3-4,9,12H,1-2,5-8,10-11,13-14H2,(H,19,21). The Balaban J connectivity index is 1.40. The van der Waals surface area contributed by atoms with Crippen LogP contribution in [0.15, 0.2) is 24.5 Å². The molecule has 0 radical (unpaired) electrons. The number of hydrogen-bond acceptors (Lipinski definition) is 3. The molecule has 1 aliphatic carbocycles. The smallest absolute Gasteiger partial charge is 0.234 e. The second-order valence-corrected chi connectivity index (χ2v) is 6.62. The molecule has 3 rings (SSSR count). The van der Waals surface area contributed by atoms with E-state index >= 15 is 0 Å².